The Morgan fingerprint density at radius 1 is 1.72 bits per heavy atom. The van der Waals surface area contributed by atoms with E-state index in [0.29, 0.717) is 18.8 Å². The minimum Gasteiger partial charge on any atom is -0.438 e. The number of aryl methyl sites for hydroxylation is 1. The molecular formula is C11H18N4O3. The first kappa shape index (κ1) is 14.0. The van der Waals surface area contributed by atoms with Crippen molar-refractivity contribution < 1.29 is 14.4 Å². The lowest BCUT2D eigenvalue weighted by atomic mass is 10.1. The summed E-state index contributed by atoms with van der Waals surface area (Å²) >= 11 is 0. The molecule has 1 rings (SSSR count). The fourth-order valence-corrected chi connectivity index (χ4v) is 1.53. The van der Waals surface area contributed by atoms with Gasteiger partial charge in [0, 0.05) is 19.0 Å². The molecule has 1 heterocycles. The van der Waals surface area contributed by atoms with Crippen molar-refractivity contribution in [2.75, 3.05) is 13.1 Å². The highest BCUT2D eigenvalue weighted by atomic mass is 16.4. The van der Waals surface area contributed by atoms with E-state index in [1.807, 2.05) is 6.92 Å². The summed E-state index contributed by atoms with van der Waals surface area (Å²) in [5.74, 6) is -0.161. The number of carbonyl (C=O) groups is 1. The van der Waals surface area contributed by atoms with Gasteiger partial charge >= 0.3 is 0 Å². The van der Waals surface area contributed by atoms with E-state index in [2.05, 4.69) is 10.1 Å². The largest absolute Gasteiger partial charge is 0.438 e. The van der Waals surface area contributed by atoms with Gasteiger partial charge in [0.05, 0.1) is 5.69 Å². The van der Waals surface area contributed by atoms with Crippen LogP contribution < -0.4 is 5.73 Å². The summed E-state index contributed by atoms with van der Waals surface area (Å²) in [5.41, 5.74) is 6.05. The van der Waals surface area contributed by atoms with E-state index < -0.39 is 0 Å². The number of nitrogens with two attached hydrogens (primary N) is 1. The molecule has 1 aromatic heterocycles. The van der Waals surface area contributed by atoms with Gasteiger partial charge in [0.15, 0.2) is 6.39 Å². The van der Waals surface area contributed by atoms with E-state index in [0.717, 1.165) is 0 Å². The van der Waals surface area contributed by atoms with Gasteiger partial charge < -0.3 is 20.3 Å². The Kier molecular flexibility index (Phi) is 4.70. The van der Waals surface area contributed by atoms with Gasteiger partial charge in [0.1, 0.15) is 5.84 Å². The third-order valence-corrected chi connectivity index (χ3v) is 2.72. The van der Waals surface area contributed by atoms with Gasteiger partial charge in [-0.15, -0.1) is 0 Å². The Morgan fingerprint density at radius 2 is 2.39 bits per heavy atom. The number of nitrogens with zero attached hydrogens (tertiary/aromatic N) is 3. The van der Waals surface area contributed by atoms with Gasteiger partial charge in [-0.3, -0.25) is 4.79 Å². The van der Waals surface area contributed by atoms with Crippen LogP contribution in [-0.2, 0) is 0 Å². The lowest BCUT2D eigenvalue weighted by molar-refractivity contribution is 0.0721. The molecule has 100 valence electrons. The number of carbonyl (C=O) groups excluding carboxylic acids is 1. The number of amidine groups is 1. The quantitative estimate of drug-likeness (QED) is 0.350. The number of oxime groups is 1. The lowest BCUT2D eigenvalue weighted by Crippen LogP contribution is -2.38. The van der Waals surface area contributed by atoms with Crippen LogP contribution in [0.4, 0.5) is 0 Å². The van der Waals surface area contributed by atoms with Gasteiger partial charge in [-0.1, -0.05) is 12.1 Å². The zero-order valence-corrected chi connectivity index (χ0v) is 10.8. The Labute approximate surface area is 105 Å². The van der Waals surface area contributed by atoms with Crippen LogP contribution in [0.25, 0.3) is 0 Å². The van der Waals surface area contributed by atoms with Crippen LogP contribution in [0, 0.1) is 12.8 Å². The maximum atomic E-state index is 12.2. The van der Waals surface area contributed by atoms with Crippen LogP contribution in [0.1, 0.15) is 30.1 Å². The van der Waals surface area contributed by atoms with Crippen LogP contribution in [0.2, 0.25) is 0 Å². The molecule has 0 spiro atoms. The van der Waals surface area contributed by atoms with E-state index in [1.165, 1.54) is 6.39 Å². The number of oxazole rings is 1. The Bertz CT molecular complexity index is 441. The summed E-state index contributed by atoms with van der Waals surface area (Å²) < 4.78 is 5.06. The van der Waals surface area contributed by atoms with E-state index in [4.69, 9.17) is 15.4 Å². The molecule has 7 heteroatoms. The molecule has 1 unspecified atom stereocenters. The van der Waals surface area contributed by atoms with Crippen molar-refractivity contribution >= 4 is 11.7 Å². The topological polar surface area (TPSA) is 105 Å². The summed E-state index contributed by atoms with van der Waals surface area (Å²) in [6, 6.07) is 0. The van der Waals surface area contributed by atoms with E-state index >= 15 is 0 Å². The molecule has 1 amide bonds. The molecule has 0 aliphatic heterocycles. The molecule has 0 aromatic carbocycles. The van der Waals surface area contributed by atoms with Crippen molar-refractivity contribution in [3.63, 3.8) is 0 Å². The van der Waals surface area contributed by atoms with Crippen molar-refractivity contribution in [1.82, 2.24) is 9.88 Å². The van der Waals surface area contributed by atoms with Crippen molar-refractivity contribution in [1.29, 1.82) is 0 Å². The maximum Gasteiger partial charge on any atom is 0.291 e. The molecule has 7 nitrogen and oxygen atoms in total. The first-order chi connectivity index (χ1) is 8.51. The third-order valence-electron chi connectivity index (χ3n) is 2.72. The Morgan fingerprint density at radius 3 is 2.83 bits per heavy atom. The van der Waals surface area contributed by atoms with Gasteiger partial charge in [0.2, 0.25) is 5.76 Å². The summed E-state index contributed by atoms with van der Waals surface area (Å²) in [5, 5.41) is 11.5. The Balaban J connectivity index is 2.79. The summed E-state index contributed by atoms with van der Waals surface area (Å²) in [6.45, 7) is 6.19. The molecule has 0 saturated carbocycles. The number of hydrogen-bond acceptors (Lipinski definition) is 5. The molecule has 1 aromatic rings. The van der Waals surface area contributed by atoms with Gasteiger partial charge in [-0.25, -0.2) is 4.98 Å². The van der Waals surface area contributed by atoms with E-state index in [9.17, 15) is 4.79 Å². The number of rotatable bonds is 5. The molecule has 0 bridgehead atoms. The van der Waals surface area contributed by atoms with Crippen LogP contribution in [-0.4, -0.2) is 39.9 Å². The third kappa shape index (κ3) is 2.99. The molecule has 0 fully saturated rings. The first-order valence-corrected chi connectivity index (χ1v) is 5.68. The van der Waals surface area contributed by atoms with E-state index in [-0.39, 0.29) is 23.4 Å². The second-order valence-corrected chi connectivity index (χ2v) is 4.04. The van der Waals surface area contributed by atoms with Crippen LogP contribution in [0.3, 0.4) is 0 Å². The monoisotopic (exact) mass is 254 g/mol. The number of amides is 1. The van der Waals surface area contributed by atoms with Crippen molar-refractivity contribution in [3.8, 4) is 0 Å². The fraction of sp³-hybridized carbons (Fsp3) is 0.545. The van der Waals surface area contributed by atoms with Crippen LogP contribution in [0.5, 0.6) is 0 Å². The zero-order valence-electron chi connectivity index (χ0n) is 10.8. The lowest BCUT2D eigenvalue weighted by Gasteiger charge is -2.23. The number of aromatic nitrogens is 1. The molecule has 18 heavy (non-hydrogen) atoms. The fourth-order valence-electron chi connectivity index (χ4n) is 1.53. The average molecular weight is 254 g/mol. The Hall–Kier alpha value is -2.05. The van der Waals surface area contributed by atoms with Gasteiger partial charge in [0.25, 0.3) is 5.91 Å². The minimum absolute atomic E-state index is 0.0931. The smallest absolute Gasteiger partial charge is 0.291 e. The highest BCUT2D eigenvalue weighted by molar-refractivity contribution is 5.93. The highest BCUT2D eigenvalue weighted by Gasteiger charge is 2.23. The molecule has 0 saturated heterocycles. The first-order valence-electron chi connectivity index (χ1n) is 5.68. The average Bonchev–Trinajstić information content (AvgIpc) is 2.79. The maximum absolute atomic E-state index is 12.2. The molecule has 0 aliphatic rings. The van der Waals surface area contributed by atoms with E-state index in [1.54, 1.807) is 18.7 Å². The van der Waals surface area contributed by atoms with Gasteiger partial charge in [-0.2, -0.15) is 0 Å². The predicted octanol–water partition coefficient (Wildman–Crippen LogP) is 0.828. The second kappa shape index (κ2) is 6.04. The summed E-state index contributed by atoms with van der Waals surface area (Å²) in [7, 11) is 0. The molecule has 3 N–H and O–H groups in total. The highest BCUT2D eigenvalue weighted by Crippen LogP contribution is 2.11. The predicted molar refractivity (Wildman–Crippen MR) is 65.4 cm³/mol. The molecular weight excluding hydrogens is 236 g/mol. The standard InChI is InChI=1S/C11H18N4O3/c1-4-15(5-7(2)10(12)14-17)11(16)9-8(3)13-6-18-9/h6-7,17H,4-5H2,1-3H3,(H2,12,14). The minimum atomic E-state index is -0.245. The van der Waals surface area contributed by atoms with Crippen LogP contribution >= 0.6 is 0 Å². The van der Waals surface area contributed by atoms with Gasteiger partial charge in [-0.05, 0) is 13.8 Å². The second-order valence-electron chi connectivity index (χ2n) is 4.04. The van der Waals surface area contributed by atoms with Crippen molar-refractivity contribution in [2.45, 2.75) is 20.8 Å². The van der Waals surface area contributed by atoms with Crippen molar-refractivity contribution in [3.05, 3.63) is 17.8 Å². The zero-order chi connectivity index (χ0) is 13.7. The summed E-state index contributed by atoms with van der Waals surface area (Å²) in [4.78, 5) is 17.6. The van der Waals surface area contributed by atoms with Crippen LogP contribution in [0.15, 0.2) is 16.0 Å². The molecule has 0 radical (unpaired) electrons. The normalized spacial score (nSPS) is 13.4. The SMILES string of the molecule is CCN(CC(C)C(N)=NO)C(=O)c1ocnc1C. The number of hydrogen-bond donors (Lipinski definition) is 2. The molecule has 1 atom stereocenters. The van der Waals surface area contributed by atoms with Crippen molar-refractivity contribution in [2.24, 2.45) is 16.8 Å². The molecule has 0 aliphatic carbocycles. The summed E-state index contributed by atoms with van der Waals surface area (Å²) in [6.07, 6.45) is 1.24.